The van der Waals surface area contributed by atoms with Crippen molar-refractivity contribution in [3.05, 3.63) is 68.2 Å². The van der Waals surface area contributed by atoms with Crippen molar-refractivity contribution >= 4 is 28.5 Å². The molecule has 9 heteroatoms. The Labute approximate surface area is 172 Å². The lowest BCUT2D eigenvalue weighted by Gasteiger charge is -2.32. The van der Waals surface area contributed by atoms with Gasteiger partial charge in [0, 0.05) is 61.2 Å². The number of anilines is 1. The van der Waals surface area contributed by atoms with Crippen molar-refractivity contribution < 1.29 is 9.72 Å². The Hall–Kier alpha value is -3.07. The molecule has 0 unspecified atom stereocenters. The van der Waals surface area contributed by atoms with Gasteiger partial charge in [-0.3, -0.25) is 14.9 Å². The van der Waals surface area contributed by atoms with Gasteiger partial charge in [-0.05, 0) is 31.9 Å². The standard InChI is InChI=1S/C20H21N5O3S/c1-13-12-29-20(22-13)14-5-8-24(9-6-14)16-4-3-15(11-17(16)25(27)28)18(26)19-21-7-10-23(19)2/h3-4,7,10-12,14H,5-6,8-9H2,1-2H3. The molecule has 0 radical (unpaired) electrons. The number of aromatic nitrogens is 3. The number of benzene rings is 1. The Kier molecular flexibility index (Phi) is 5.14. The van der Waals surface area contributed by atoms with Crippen LogP contribution in [-0.4, -0.2) is 38.3 Å². The third kappa shape index (κ3) is 3.77. The number of hydrogen-bond acceptors (Lipinski definition) is 7. The SMILES string of the molecule is Cc1csc(C2CCN(c3ccc(C(=O)c4nccn4C)cc3[N+](=O)[O-])CC2)n1. The third-order valence-electron chi connectivity index (χ3n) is 5.28. The first-order chi connectivity index (χ1) is 13.9. The molecular formula is C20H21N5O3S. The highest BCUT2D eigenvalue weighted by Crippen LogP contribution is 2.36. The van der Waals surface area contributed by atoms with Crippen LogP contribution in [-0.2, 0) is 7.05 Å². The fourth-order valence-corrected chi connectivity index (χ4v) is 4.69. The summed E-state index contributed by atoms with van der Waals surface area (Å²) in [5.74, 6) is 0.324. The summed E-state index contributed by atoms with van der Waals surface area (Å²) in [4.78, 5) is 34.6. The number of piperidine rings is 1. The molecule has 150 valence electrons. The smallest absolute Gasteiger partial charge is 0.293 e. The zero-order chi connectivity index (χ0) is 20.5. The predicted octanol–water partition coefficient (Wildman–Crippen LogP) is 3.71. The molecule has 1 saturated heterocycles. The van der Waals surface area contributed by atoms with E-state index in [0.29, 0.717) is 11.6 Å². The van der Waals surface area contributed by atoms with Gasteiger partial charge in [0.1, 0.15) is 5.69 Å². The van der Waals surface area contributed by atoms with E-state index in [1.165, 1.54) is 12.3 Å². The van der Waals surface area contributed by atoms with E-state index in [0.717, 1.165) is 36.6 Å². The topological polar surface area (TPSA) is 94.2 Å². The fraction of sp³-hybridized carbons (Fsp3) is 0.350. The highest BCUT2D eigenvalue weighted by molar-refractivity contribution is 7.09. The lowest BCUT2D eigenvalue weighted by atomic mass is 9.96. The average Bonchev–Trinajstić information content (AvgIpc) is 3.35. The first-order valence-corrected chi connectivity index (χ1v) is 10.3. The maximum atomic E-state index is 12.7. The second-order valence-electron chi connectivity index (χ2n) is 7.24. The molecule has 1 fully saturated rings. The summed E-state index contributed by atoms with van der Waals surface area (Å²) >= 11 is 1.68. The lowest BCUT2D eigenvalue weighted by molar-refractivity contribution is -0.384. The molecule has 0 saturated carbocycles. The van der Waals surface area contributed by atoms with Crippen LogP contribution in [0.15, 0.2) is 36.0 Å². The van der Waals surface area contributed by atoms with Crippen molar-refractivity contribution in [1.82, 2.24) is 14.5 Å². The number of aryl methyl sites for hydroxylation is 2. The maximum absolute atomic E-state index is 12.7. The van der Waals surface area contributed by atoms with Crippen LogP contribution in [0.4, 0.5) is 11.4 Å². The molecule has 0 bridgehead atoms. The van der Waals surface area contributed by atoms with Gasteiger partial charge in [-0.25, -0.2) is 9.97 Å². The summed E-state index contributed by atoms with van der Waals surface area (Å²) in [6.45, 7) is 3.43. The molecule has 0 aliphatic carbocycles. The van der Waals surface area contributed by atoms with E-state index in [9.17, 15) is 14.9 Å². The van der Waals surface area contributed by atoms with Gasteiger partial charge in [0.2, 0.25) is 5.78 Å². The molecule has 3 heterocycles. The van der Waals surface area contributed by atoms with E-state index >= 15 is 0 Å². The van der Waals surface area contributed by atoms with Gasteiger partial charge in [0.15, 0.2) is 5.82 Å². The van der Waals surface area contributed by atoms with Gasteiger partial charge in [-0.15, -0.1) is 11.3 Å². The molecule has 1 aromatic carbocycles. The van der Waals surface area contributed by atoms with Crippen LogP contribution >= 0.6 is 11.3 Å². The summed E-state index contributed by atoms with van der Waals surface area (Å²) in [5.41, 5.74) is 1.81. The molecule has 3 aromatic rings. The summed E-state index contributed by atoms with van der Waals surface area (Å²) in [6.07, 6.45) is 5.00. The molecule has 0 N–H and O–H groups in total. The van der Waals surface area contributed by atoms with E-state index in [2.05, 4.69) is 15.3 Å². The lowest BCUT2D eigenvalue weighted by Crippen LogP contribution is -2.33. The normalized spacial score (nSPS) is 14.9. The summed E-state index contributed by atoms with van der Waals surface area (Å²) in [7, 11) is 1.72. The van der Waals surface area contributed by atoms with Crippen LogP contribution in [0.5, 0.6) is 0 Å². The number of thiazole rings is 1. The predicted molar refractivity (Wildman–Crippen MR) is 111 cm³/mol. The second kappa shape index (κ2) is 7.75. The minimum Gasteiger partial charge on any atom is -0.366 e. The largest absolute Gasteiger partial charge is 0.366 e. The first-order valence-electron chi connectivity index (χ1n) is 9.41. The van der Waals surface area contributed by atoms with Gasteiger partial charge in [0.25, 0.3) is 5.69 Å². The van der Waals surface area contributed by atoms with Gasteiger partial charge in [-0.2, -0.15) is 0 Å². The van der Waals surface area contributed by atoms with Crippen molar-refractivity contribution in [3.63, 3.8) is 0 Å². The van der Waals surface area contributed by atoms with E-state index < -0.39 is 4.92 Å². The molecule has 0 atom stereocenters. The number of carbonyl (C=O) groups excluding carboxylic acids is 1. The molecule has 4 rings (SSSR count). The zero-order valence-electron chi connectivity index (χ0n) is 16.2. The van der Waals surface area contributed by atoms with E-state index in [4.69, 9.17) is 0 Å². The highest BCUT2D eigenvalue weighted by Gasteiger charge is 2.28. The van der Waals surface area contributed by atoms with Crippen LogP contribution in [0.3, 0.4) is 0 Å². The van der Waals surface area contributed by atoms with E-state index in [-0.39, 0.29) is 22.9 Å². The molecule has 1 aliphatic heterocycles. The Morgan fingerprint density at radius 3 is 2.66 bits per heavy atom. The van der Waals surface area contributed by atoms with E-state index in [1.54, 1.807) is 41.3 Å². The number of imidazole rings is 1. The molecule has 2 aromatic heterocycles. The number of nitrogens with zero attached hydrogens (tertiary/aromatic N) is 5. The zero-order valence-corrected chi connectivity index (χ0v) is 17.1. The Bertz CT molecular complexity index is 1070. The molecule has 0 amide bonds. The van der Waals surface area contributed by atoms with E-state index in [1.807, 2.05) is 11.8 Å². The second-order valence-corrected chi connectivity index (χ2v) is 8.13. The number of ketones is 1. The molecule has 1 aliphatic rings. The summed E-state index contributed by atoms with van der Waals surface area (Å²) in [6, 6.07) is 4.69. The quantitative estimate of drug-likeness (QED) is 0.361. The minimum atomic E-state index is -0.416. The fourth-order valence-electron chi connectivity index (χ4n) is 3.72. The van der Waals surface area contributed by atoms with Gasteiger partial charge < -0.3 is 9.47 Å². The Morgan fingerprint density at radius 2 is 2.07 bits per heavy atom. The van der Waals surface area contributed by atoms with Crippen LogP contribution in [0.2, 0.25) is 0 Å². The molecule has 0 spiro atoms. The Morgan fingerprint density at radius 1 is 1.31 bits per heavy atom. The summed E-state index contributed by atoms with van der Waals surface area (Å²) in [5, 5.41) is 14.9. The number of carbonyl (C=O) groups is 1. The molecule has 8 nitrogen and oxygen atoms in total. The van der Waals surface area contributed by atoms with Crippen molar-refractivity contribution in [2.24, 2.45) is 7.05 Å². The minimum absolute atomic E-state index is 0.0476. The number of nitro benzene ring substituents is 1. The van der Waals surface area contributed by atoms with Crippen LogP contribution in [0, 0.1) is 17.0 Å². The highest BCUT2D eigenvalue weighted by atomic mass is 32.1. The van der Waals surface area contributed by atoms with Gasteiger partial charge >= 0.3 is 0 Å². The van der Waals surface area contributed by atoms with Crippen LogP contribution < -0.4 is 4.90 Å². The third-order valence-corrected chi connectivity index (χ3v) is 6.41. The number of rotatable bonds is 5. The molecule has 29 heavy (non-hydrogen) atoms. The van der Waals surface area contributed by atoms with Gasteiger partial charge in [-0.1, -0.05) is 0 Å². The van der Waals surface area contributed by atoms with Crippen molar-refractivity contribution in [2.75, 3.05) is 18.0 Å². The van der Waals surface area contributed by atoms with Crippen molar-refractivity contribution in [3.8, 4) is 0 Å². The Balaban J connectivity index is 1.56. The number of hydrogen-bond donors (Lipinski definition) is 0. The van der Waals surface area contributed by atoms with Gasteiger partial charge in [0.05, 0.1) is 9.93 Å². The first kappa shape index (κ1) is 19.3. The average molecular weight is 411 g/mol. The van der Waals surface area contributed by atoms with Crippen LogP contribution in [0.25, 0.3) is 0 Å². The monoisotopic (exact) mass is 411 g/mol. The maximum Gasteiger partial charge on any atom is 0.293 e. The van der Waals surface area contributed by atoms with Crippen LogP contribution in [0.1, 0.15) is 45.6 Å². The van der Waals surface area contributed by atoms with Crippen molar-refractivity contribution in [2.45, 2.75) is 25.7 Å². The molecular weight excluding hydrogens is 390 g/mol. The summed E-state index contributed by atoms with van der Waals surface area (Å²) < 4.78 is 1.60. The number of nitro groups is 1. The van der Waals surface area contributed by atoms with Crippen molar-refractivity contribution in [1.29, 1.82) is 0 Å².